The van der Waals surface area contributed by atoms with Gasteiger partial charge in [-0.15, -0.1) is 0 Å². The van der Waals surface area contributed by atoms with Gasteiger partial charge in [-0.05, 0) is 6.07 Å². The van der Waals surface area contributed by atoms with Crippen LogP contribution in [-0.2, 0) is 12.6 Å². The van der Waals surface area contributed by atoms with Crippen LogP contribution in [0.25, 0.3) is 0 Å². The number of alkyl halides is 3. The number of hydrogen-bond donors (Lipinski definition) is 0. The van der Waals surface area contributed by atoms with Gasteiger partial charge in [0.05, 0.1) is 34.1 Å². The number of benzene rings is 1. The van der Waals surface area contributed by atoms with Crippen LogP contribution in [0.2, 0.25) is 0 Å². The normalized spacial score (nSPS) is 10.5. The predicted molar refractivity (Wildman–Crippen MR) is 52.1 cm³/mol. The molecule has 0 aliphatic rings. The van der Waals surface area contributed by atoms with Crippen molar-refractivity contribution in [3.05, 3.63) is 38.9 Å². The Hall–Kier alpha value is -2.61. The zero-order valence-corrected chi connectivity index (χ0v) is 8.65. The van der Waals surface area contributed by atoms with Gasteiger partial charge in [-0.3, -0.25) is 10.1 Å². The predicted octanol–water partition coefficient (Wildman–Crippen LogP) is 2.55. The molecule has 0 amide bonds. The minimum atomic E-state index is -4.80. The number of nitriles is 2. The molecule has 1 aromatic rings. The second-order valence-corrected chi connectivity index (χ2v) is 3.19. The van der Waals surface area contributed by atoms with Crippen molar-refractivity contribution in [2.45, 2.75) is 12.6 Å². The number of rotatable bonds is 2. The van der Waals surface area contributed by atoms with Crippen LogP contribution >= 0.6 is 0 Å². The summed E-state index contributed by atoms with van der Waals surface area (Å²) in [4.78, 5) is 9.71. The number of halogens is 3. The Labute approximate surface area is 98.8 Å². The molecular formula is C10H4F3N3O2. The molecule has 0 aliphatic carbocycles. The fourth-order valence-electron chi connectivity index (χ4n) is 1.43. The van der Waals surface area contributed by atoms with Gasteiger partial charge in [-0.25, -0.2) is 0 Å². The summed E-state index contributed by atoms with van der Waals surface area (Å²) in [6.07, 6.45) is -5.44. The minimum Gasteiger partial charge on any atom is -0.258 e. The SMILES string of the molecule is N#CCc1c([N+](=O)[O-])ccc(C(F)(F)F)c1C#N. The molecule has 0 spiro atoms. The maximum Gasteiger partial charge on any atom is 0.417 e. The van der Waals surface area contributed by atoms with Crippen LogP contribution in [0.15, 0.2) is 12.1 Å². The Morgan fingerprint density at radius 3 is 2.33 bits per heavy atom. The zero-order valence-electron chi connectivity index (χ0n) is 8.65. The van der Waals surface area contributed by atoms with E-state index in [1.807, 2.05) is 0 Å². The largest absolute Gasteiger partial charge is 0.417 e. The van der Waals surface area contributed by atoms with E-state index < -0.39 is 39.9 Å². The average Bonchev–Trinajstić information content (AvgIpc) is 2.27. The van der Waals surface area contributed by atoms with E-state index >= 15 is 0 Å². The summed E-state index contributed by atoms with van der Waals surface area (Å²) in [5.41, 5.74) is -3.33. The lowest BCUT2D eigenvalue weighted by atomic mass is 9.98. The van der Waals surface area contributed by atoms with Crippen LogP contribution in [0.3, 0.4) is 0 Å². The highest BCUT2D eigenvalue weighted by Crippen LogP contribution is 2.36. The first-order valence-electron chi connectivity index (χ1n) is 4.47. The van der Waals surface area contributed by atoms with Crippen molar-refractivity contribution in [3.63, 3.8) is 0 Å². The van der Waals surface area contributed by atoms with E-state index in [-0.39, 0.29) is 0 Å². The van der Waals surface area contributed by atoms with Gasteiger partial charge in [0.15, 0.2) is 0 Å². The summed E-state index contributed by atoms with van der Waals surface area (Å²) in [5.74, 6) is 0. The summed E-state index contributed by atoms with van der Waals surface area (Å²) in [5, 5.41) is 27.8. The van der Waals surface area contributed by atoms with Crippen LogP contribution in [-0.4, -0.2) is 4.92 Å². The highest BCUT2D eigenvalue weighted by Gasteiger charge is 2.36. The van der Waals surface area contributed by atoms with Crippen molar-refractivity contribution in [2.24, 2.45) is 0 Å². The van der Waals surface area contributed by atoms with Crippen molar-refractivity contribution in [1.29, 1.82) is 10.5 Å². The Balaban J connectivity index is 3.66. The van der Waals surface area contributed by atoms with E-state index in [0.717, 1.165) is 0 Å². The number of nitro groups is 1. The van der Waals surface area contributed by atoms with Crippen molar-refractivity contribution < 1.29 is 18.1 Å². The fourth-order valence-corrected chi connectivity index (χ4v) is 1.43. The highest BCUT2D eigenvalue weighted by atomic mass is 19.4. The lowest BCUT2D eigenvalue weighted by Gasteiger charge is -2.10. The number of nitro benzene ring substituents is 1. The van der Waals surface area contributed by atoms with Gasteiger partial charge in [0.1, 0.15) is 6.07 Å². The molecule has 0 unspecified atom stereocenters. The summed E-state index contributed by atoms with van der Waals surface area (Å²) in [6, 6.07) is 3.90. The number of nitrogens with zero attached hydrogens (tertiary/aromatic N) is 3. The molecule has 1 rings (SSSR count). The van der Waals surface area contributed by atoms with Crippen molar-refractivity contribution >= 4 is 5.69 Å². The lowest BCUT2D eigenvalue weighted by Crippen LogP contribution is -2.11. The van der Waals surface area contributed by atoms with E-state index in [9.17, 15) is 23.3 Å². The molecule has 1 aromatic carbocycles. The van der Waals surface area contributed by atoms with Gasteiger partial charge >= 0.3 is 6.18 Å². The van der Waals surface area contributed by atoms with E-state index in [1.165, 1.54) is 12.1 Å². The standard InChI is InChI=1S/C10H4F3N3O2/c11-10(12,13)8-1-2-9(16(17)18)6(3-4-14)7(8)5-15/h1-2H,3H2. The Bertz CT molecular complexity index is 582. The molecule has 0 fully saturated rings. The van der Waals surface area contributed by atoms with Gasteiger partial charge in [-0.2, -0.15) is 23.7 Å². The molecule has 92 valence electrons. The molecule has 5 nitrogen and oxygen atoms in total. The molecule has 0 atom stereocenters. The van der Waals surface area contributed by atoms with Crippen LogP contribution in [0.5, 0.6) is 0 Å². The van der Waals surface area contributed by atoms with Gasteiger partial charge in [0, 0.05) is 6.07 Å². The molecular weight excluding hydrogens is 251 g/mol. The third-order valence-electron chi connectivity index (χ3n) is 2.16. The smallest absolute Gasteiger partial charge is 0.258 e. The first kappa shape index (κ1) is 13.5. The van der Waals surface area contributed by atoms with Gasteiger partial charge in [0.25, 0.3) is 5.69 Å². The van der Waals surface area contributed by atoms with Crippen LogP contribution in [0.4, 0.5) is 18.9 Å². The van der Waals surface area contributed by atoms with Crippen LogP contribution in [0.1, 0.15) is 16.7 Å². The van der Waals surface area contributed by atoms with E-state index in [0.29, 0.717) is 12.1 Å². The summed E-state index contributed by atoms with van der Waals surface area (Å²) < 4.78 is 37.8. The summed E-state index contributed by atoms with van der Waals surface area (Å²) in [7, 11) is 0. The molecule has 0 saturated heterocycles. The van der Waals surface area contributed by atoms with Gasteiger partial charge in [0.2, 0.25) is 0 Å². The molecule has 0 saturated carbocycles. The zero-order chi connectivity index (χ0) is 13.9. The van der Waals surface area contributed by atoms with E-state index in [2.05, 4.69) is 0 Å². The van der Waals surface area contributed by atoms with Gasteiger partial charge in [-0.1, -0.05) is 0 Å². The monoisotopic (exact) mass is 255 g/mol. The Morgan fingerprint density at radius 1 is 1.33 bits per heavy atom. The molecule has 0 bridgehead atoms. The maximum absolute atomic E-state index is 12.6. The molecule has 0 heterocycles. The Morgan fingerprint density at radius 2 is 1.94 bits per heavy atom. The number of hydrogen-bond acceptors (Lipinski definition) is 4. The third-order valence-corrected chi connectivity index (χ3v) is 2.16. The van der Waals surface area contributed by atoms with Crippen molar-refractivity contribution in [2.75, 3.05) is 0 Å². The second-order valence-electron chi connectivity index (χ2n) is 3.19. The van der Waals surface area contributed by atoms with E-state index in [1.54, 1.807) is 0 Å². The van der Waals surface area contributed by atoms with Crippen molar-refractivity contribution in [1.82, 2.24) is 0 Å². The quantitative estimate of drug-likeness (QED) is 0.599. The highest BCUT2D eigenvalue weighted by molar-refractivity contribution is 5.56. The van der Waals surface area contributed by atoms with Gasteiger partial charge < -0.3 is 0 Å². The lowest BCUT2D eigenvalue weighted by molar-refractivity contribution is -0.385. The molecule has 0 aromatic heterocycles. The molecule has 0 aliphatic heterocycles. The molecule has 18 heavy (non-hydrogen) atoms. The Kier molecular flexibility index (Phi) is 3.53. The van der Waals surface area contributed by atoms with Crippen LogP contribution in [0, 0.1) is 32.8 Å². The van der Waals surface area contributed by atoms with E-state index in [4.69, 9.17) is 10.5 Å². The van der Waals surface area contributed by atoms with Crippen LogP contribution < -0.4 is 0 Å². The minimum absolute atomic E-state index is 0.470. The maximum atomic E-state index is 12.6. The molecule has 0 radical (unpaired) electrons. The third kappa shape index (κ3) is 2.38. The summed E-state index contributed by atoms with van der Waals surface area (Å²) in [6.45, 7) is 0. The van der Waals surface area contributed by atoms with Crippen molar-refractivity contribution in [3.8, 4) is 12.1 Å². The first-order chi connectivity index (χ1) is 8.32. The first-order valence-corrected chi connectivity index (χ1v) is 4.47. The molecule has 8 heteroatoms. The topological polar surface area (TPSA) is 90.7 Å². The fraction of sp³-hybridized carbons (Fsp3) is 0.200. The second kappa shape index (κ2) is 4.72. The average molecular weight is 255 g/mol. The molecule has 0 N–H and O–H groups in total. The summed E-state index contributed by atoms with van der Waals surface area (Å²) >= 11 is 0.